The molecule has 0 N–H and O–H groups in total. The van der Waals surface area contributed by atoms with Gasteiger partial charge in [0.25, 0.3) is 0 Å². The molecule has 0 atom stereocenters. The molecule has 0 bridgehead atoms. The van der Waals surface area contributed by atoms with E-state index in [-0.39, 0.29) is 0 Å². The van der Waals surface area contributed by atoms with Gasteiger partial charge in [-0.1, -0.05) is 170 Å². The minimum Gasteiger partial charge on any atom is -0.309 e. The van der Waals surface area contributed by atoms with Crippen LogP contribution in [-0.4, -0.2) is 28.7 Å². The van der Waals surface area contributed by atoms with Crippen molar-refractivity contribution in [2.75, 3.05) is 0 Å². The lowest BCUT2D eigenvalue weighted by atomic mass is 10.1. The van der Waals surface area contributed by atoms with Crippen LogP contribution in [0.2, 0.25) is 0 Å². The Morgan fingerprint density at radius 3 is 1.24 bits per heavy atom. The SMILES string of the molecule is c1ccc(-c2ccc(-n3c4ccc(-n5c6ccccc6c6ccccc65)cc4c4ccc5c6ccccc6n(-c6nc(-c7ccccc7)nc(-c7ccccc7)n6)c5c43)cc2)cc1. The number of rotatable bonds is 6. The fraction of sp³-hybridized carbons (Fsp3) is 0. The van der Waals surface area contributed by atoms with Crippen LogP contribution >= 0.6 is 0 Å². The van der Waals surface area contributed by atoms with Gasteiger partial charge in [0.05, 0.1) is 33.1 Å². The van der Waals surface area contributed by atoms with Crippen molar-refractivity contribution in [1.29, 1.82) is 0 Å². The second-order valence-corrected chi connectivity index (χ2v) is 16.0. The number of aromatic nitrogens is 6. The molecule has 6 nitrogen and oxygen atoms in total. The summed E-state index contributed by atoms with van der Waals surface area (Å²) >= 11 is 0. The van der Waals surface area contributed by atoms with Crippen LogP contribution in [0.3, 0.4) is 0 Å². The molecule has 0 aliphatic rings. The maximum absolute atomic E-state index is 5.31. The lowest BCUT2D eigenvalue weighted by Crippen LogP contribution is -2.07. The predicted molar refractivity (Wildman–Crippen MR) is 259 cm³/mol. The van der Waals surface area contributed by atoms with Crippen molar-refractivity contribution in [3.05, 3.63) is 218 Å². The largest absolute Gasteiger partial charge is 0.309 e. The zero-order valence-corrected chi connectivity index (χ0v) is 34.0. The molecule has 9 aromatic carbocycles. The van der Waals surface area contributed by atoms with Gasteiger partial charge in [-0.3, -0.25) is 4.57 Å². The Morgan fingerprint density at radius 2 is 0.667 bits per heavy atom. The van der Waals surface area contributed by atoms with E-state index in [0.29, 0.717) is 17.6 Å². The van der Waals surface area contributed by atoms with Crippen molar-refractivity contribution in [3.8, 4) is 51.2 Å². The summed E-state index contributed by atoms with van der Waals surface area (Å²) in [6.45, 7) is 0. The van der Waals surface area contributed by atoms with E-state index in [1.54, 1.807) is 0 Å². The molecule has 0 saturated carbocycles. The summed E-state index contributed by atoms with van der Waals surface area (Å²) in [4.78, 5) is 15.7. The topological polar surface area (TPSA) is 53.5 Å². The van der Waals surface area contributed by atoms with Crippen LogP contribution in [0.25, 0.3) is 117 Å². The Bertz CT molecular complexity index is 3770. The zero-order chi connectivity index (χ0) is 41.4. The molecule has 13 rings (SSSR count). The van der Waals surface area contributed by atoms with Crippen molar-refractivity contribution in [2.24, 2.45) is 0 Å². The van der Waals surface area contributed by atoms with Crippen molar-refractivity contribution < 1.29 is 0 Å². The molecule has 0 unspecified atom stereocenters. The molecular formula is C57H36N6. The fourth-order valence-electron chi connectivity index (χ4n) is 9.69. The first-order valence-electron chi connectivity index (χ1n) is 21.3. The van der Waals surface area contributed by atoms with Crippen LogP contribution in [0.1, 0.15) is 0 Å². The van der Waals surface area contributed by atoms with Gasteiger partial charge in [0, 0.05) is 54.8 Å². The number of fused-ring (bicyclic) bond motifs is 10. The lowest BCUT2D eigenvalue weighted by Gasteiger charge is -2.14. The molecule has 4 aromatic heterocycles. The van der Waals surface area contributed by atoms with Crippen LogP contribution in [0, 0.1) is 0 Å². The van der Waals surface area contributed by atoms with E-state index in [1.807, 2.05) is 36.4 Å². The Balaban J connectivity index is 1.15. The van der Waals surface area contributed by atoms with Gasteiger partial charge in [0.1, 0.15) is 0 Å². The first-order valence-corrected chi connectivity index (χ1v) is 21.3. The Labute approximate surface area is 362 Å². The summed E-state index contributed by atoms with van der Waals surface area (Å²) in [5.41, 5.74) is 13.0. The van der Waals surface area contributed by atoms with Crippen molar-refractivity contribution >= 4 is 65.4 Å². The number of benzene rings is 9. The lowest BCUT2D eigenvalue weighted by molar-refractivity contribution is 0.953. The zero-order valence-electron chi connectivity index (χ0n) is 34.0. The summed E-state index contributed by atoms with van der Waals surface area (Å²) < 4.78 is 7.10. The number of nitrogens with zero attached hydrogens (tertiary/aromatic N) is 6. The Hall–Kier alpha value is -8.61. The van der Waals surface area contributed by atoms with Gasteiger partial charge in [0.2, 0.25) is 5.95 Å². The van der Waals surface area contributed by atoms with Crippen LogP contribution in [0.5, 0.6) is 0 Å². The molecule has 0 spiro atoms. The van der Waals surface area contributed by atoms with Crippen LogP contribution < -0.4 is 0 Å². The van der Waals surface area contributed by atoms with E-state index >= 15 is 0 Å². The normalized spacial score (nSPS) is 11.8. The van der Waals surface area contributed by atoms with E-state index in [4.69, 9.17) is 15.0 Å². The Kier molecular flexibility index (Phi) is 7.80. The van der Waals surface area contributed by atoms with Crippen LogP contribution in [0.4, 0.5) is 0 Å². The van der Waals surface area contributed by atoms with Gasteiger partial charge >= 0.3 is 0 Å². The highest BCUT2D eigenvalue weighted by Gasteiger charge is 2.24. The first-order chi connectivity index (χ1) is 31.3. The average molecular weight is 805 g/mol. The second-order valence-electron chi connectivity index (χ2n) is 16.0. The smallest absolute Gasteiger partial charge is 0.238 e. The quantitative estimate of drug-likeness (QED) is 0.168. The first kappa shape index (κ1) is 35.2. The van der Waals surface area contributed by atoms with Gasteiger partial charge in [-0.15, -0.1) is 0 Å². The van der Waals surface area contributed by atoms with Crippen molar-refractivity contribution in [1.82, 2.24) is 28.7 Å². The molecule has 0 aliphatic heterocycles. The van der Waals surface area contributed by atoms with Crippen molar-refractivity contribution in [2.45, 2.75) is 0 Å². The third kappa shape index (κ3) is 5.48. The van der Waals surface area contributed by atoms with E-state index in [1.165, 1.54) is 32.9 Å². The number of hydrogen-bond donors (Lipinski definition) is 0. The summed E-state index contributed by atoms with van der Waals surface area (Å²) in [5, 5.41) is 7.01. The van der Waals surface area contributed by atoms with Gasteiger partial charge in [-0.2, -0.15) is 9.97 Å². The third-order valence-electron chi connectivity index (χ3n) is 12.5. The van der Waals surface area contributed by atoms with E-state index < -0.39 is 0 Å². The van der Waals surface area contributed by atoms with Gasteiger partial charge in [0.15, 0.2) is 11.6 Å². The molecule has 0 radical (unpaired) electrons. The minimum absolute atomic E-state index is 0.559. The molecule has 13 aromatic rings. The van der Waals surface area contributed by atoms with Crippen LogP contribution in [0.15, 0.2) is 218 Å². The van der Waals surface area contributed by atoms with Gasteiger partial charge < -0.3 is 9.13 Å². The standard InChI is InChI=1S/C57H36N6/c1-4-16-37(17-5-1)38-28-30-41(31-29-38)62-52-35-32-42(61-49-25-13-10-22-43(49)44-23-11-14-26-50(44)61)36-48(52)47-34-33-46-45-24-12-15-27-51(45)63(54(46)53(47)62)57-59-55(39-18-6-2-7-19-39)58-56(60-57)40-20-8-3-9-21-40/h1-36H. The molecule has 0 amide bonds. The van der Waals surface area contributed by atoms with Crippen LogP contribution in [-0.2, 0) is 0 Å². The minimum atomic E-state index is 0.559. The molecule has 294 valence electrons. The fourth-order valence-corrected chi connectivity index (χ4v) is 9.69. The Morgan fingerprint density at radius 1 is 0.254 bits per heavy atom. The molecule has 0 aliphatic carbocycles. The van der Waals surface area contributed by atoms with Crippen molar-refractivity contribution in [3.63, 3.8) is 0 Å². The monoisotopic (exact) mass is 804 g/mol. The van der Waals surface area contributed by atoms with Gasteiger partial charge in [-0.05, 0) is 59.7 Å². The summed E-state index contributed by atoms with van der Waals surface area (Å²) in [5.74, 6) is 1.79. The van der Waals surface area contributed by atoms with E-state index in [9.17, 15) is 0 Å². The highest BCUT2D eigenvalue weighted by molar-refractivity contribution is 6.24. The second kappa shape index (κ2) is 14.0. The highest BCUT2D eigenvalue weighted by Crippen LogP contribution is 2.43. The van der Waals surface area contributed by atoms with Gasteiger partial charge in [-0.25, -0.2) is 4.98 Å². The number of hydrogen-bond acceptors (Lipinski definition) is 3. The molecule has 4 heterocycles. The molecule has 0 fully saturated rings. The summed E-state index contributed by atoms with van der Waals surface area (Å²) in [6, 6.07) is 77.4. The molecule has 0 saturated heterocycles. The predicted octanol–water partition coefficient (Wildman–Crippen LogP) is 14.2. The maximum atomic E-state index is 5.31. The van der Waals surface area contributed by atoms with E-state index in [0.717, 1.165) is 66.1 Å². The highest BCUT2D eigenvalue weighted by atomic mass is 15.2. The molecular weight excluding hydrogens is 769 g/mol. The summed E-state index contributed by atoms with van der Waals surface area (Å²) in [6.07, 6.45) is 0. The summed E-state index contributed by atoms with van der Waals surface area (Å²) in [7, 11) is 0. The molecule has 6 heteroatoms. The third-order valence-corrected chi connectivity index (χ3v) is 12.5. The van der Waals surface area contributed by atoms with E-state index in [2.05, 4.69) is 196 Å². The maximum Gasteiger partial charge on any atom is 0.238 e. The average Bonchev–Trinajstić information content (AvgIpc) is 4.00. The molecule has 63 heavy (non-hydrogen) atoms. The number of para-hydroxylation sites is 3.